The summed E-state index contributed by atoms with van der Waals surface area (Å²) in [5.74, 6) is 0.896. The Hall–Kier alpha value is -0.130. The van der Waals surface area contributed by atoms with Crippen molar-refractivity contribution < 1.29 is 13.2 Å². The predicted molar refractivity (Wildman–Crippen MR) is 83.5 cm³/mol. The Labute approximate surface area is 124 Å². The molecule has 1 aliphatic rings. The Morgan fingerprint density at radius 1 is 1.30 bits per heavy atom. The van der Waals surface area contributed by atoms with Crippen molar-refractivity contribution in [3.05, 3.63) is 0 Å². The smallest absolute Gasteiger partial charge is 0.154 e. The van der Waals surface area contributed by atoms with Crippen molar-refractivity contribution in [1.29, 1.82) is 0 Å². The van der Waals surface area contributed by atoms with Gasteiger partial charge in [0.1, 0.15) is 0 Å². The summed E-state index contributed by atoms with van der Waals surface area (Å²) < 4.78 is 29.5. The van der Waals surface area contributed by atoms with Crippen molar-refractivity contribution >= 4 is 9.84 Å². The monoisotopic (exact) mass is 305 g/mol. The number of rotatable bonds is 8. The molecule has 0 bridgehead atoms. The number of sulfone groups is 1. The quantitative estimate of drug-likeness (QED) is 0.748. The van der Waals surface area contributed by atoms with E-state index in [-0.39, 0.29) is 23.2 Å². The number of hydrogen-bond donors (Lipinski definition) is 1. The van der Waals surface area contributed by atoms with Gasteiger partial charge in [0.15, 0.2) is 9.84 Å². The molecular formula is C15H31NO3S. The SMILES string of the molecule is CCCC1CCC(CN)(OCCS(=O)(=O)C(C)C)CC1. The number of nitrogens with two attached hydrogens (primary N) is 1. The fraction of sp³-hybridized carbons (Fsp3) is 1.00. The van der Waals surface area contributed by atoms with Gasteiger partial charge in [-0.15, -0.1) is 0 Å². The van der Waals surface area contributed by atoms with Crippen LogP contribution in [0.3, 0.4) is 0 Å². The first-order valence-electron chi connectivity index (χ1n) is 7.91. The lowest BCUT2D eigenvalue weighted by atomic mass is 9.77. The molecule has 0 aromatic heterocycles. The van der Waals surface area contributed by atoms with Crippen LogP contribution in [0.1, 0.15) is 59.3 Å². The molecule has 1 rings (SSSR count). The van der Waals surface area contributed by atoms with E-state index in [1.165, 1.54) is 12.8 Å². The summed E-state index contributed by atoms with van der Waals surface area (Å²) in [7, 11) is -3.02. The van der Waals surface area contributed by atoms with Gasteiger partial charge in [-0.05, 0) is 45.4 Å². The lowest BCUT2D eigenvalue weighted by molar-refractivity contribution is -0.0655. The Morgan fingerprint density at radius 3 is 2.35 bits per heavy atom. The van der Waals surface area contributed by atoms with Gasteiger partial charge >= 0.3 is 0 Å². The molecule has 5 heteroatoms. The van der Waals surface area contributed by atoms with Crippen molar-refractivity contribution in [2.45, 2.75) is 70.1 Å². The van der Waals surface area contributed by atoms with Crippen molar-refractivity contribution in [2.24, 2.45) is 11.7 Å². The van der Waals surface area contributed by atoms with E-state index in [4.69, 9.17) is 10.5 Å². The van der Waals surface area contributed by atoms with Crippen LogP contribution in [0, 0.1) is 5.92 Å². The zero-order valence-electron chi connectivity index (χ0n) is 13.2. The van der Waals surface area contributed by atoms with E-state index in [2.05, 4.69) is 6.92 Å². The molecular weight excluding hydrogens is 274 g/mol. The van der Waals surface area contributed by atoms with Crippen molar-refractivity contribution in [3.63, 3.8) is 0 Å². The third kappa shape index (κ3) is 5.01. The van der Waals surface area contributed by atoms with Crippen LogP contribution in [0.4, 0.5) is 0 Å². The minimum absolute atomic E-state index is 0.102. The van der Waals surface area contributed by atoms with Crippen LogP contribution in [0.2, 0.25) is 0 Å². The second-order valence-electron chi connectivity index (χ2n) is 6.38. The third-order valence-electron chi connectivity index (χ3n) is 4.58. The van der Waals surface area contributed by atoms with E-state index in [0.29, 0.717) is 6.54 Å². The standard InChI is InChI=1S/C15H31NO3S/c1-4-5-14-6-8-15(12-16,9-7-14)19-10-11-20(17,18)13(2)3/h13-14H,4-12,16H2,1-3H3. The summed E-state index contributed by atoms with van der Waals surface area (Å²) in [6, 6.07) is 0. The van der Waals surface area contributed by atoms with Gasteiger partial charge in [0, 0.05) is 6.54 Å². The number of hydrogen-bond acceptors (Lipinski definition) is 4. The largest absolute Gasteiger partial charge is 0.373 e. The molecule has 0 unspecified atom stereocenters. The van der Waals surface area contributed by atoms with E-state index in [9.17, 15) is 8.42 Å². The van der Waals surface area contributed by atoms with Crippen LogP contribution in [-0.4, -0.2) is 38.2 Å². The minimum atomic E-state index is -3.02. The molecule has 1 saturated carbocycles. The van der Waals surface area contributed by atoms with Gasteiger partial charge < -0.3 is 10.5 Å². The number of ether oxygens (including phenoxy) is 1. The first-order chi connectivity index (χ1) is 9.35. The average Bonchev–Trinajstić information content (AvgIpc) is 2.41. The van der Waals surface area contributed by atoms with Crippen LogP contribution < -0.4 is 5.73 Å². The molecule has 1 fully saturated rings. The lowest BCUT2D eigenvalue weighted by Gasteiger charge is -2.39. The Bertz CT molecular complexity index is 371. The second-order valence-corrected chi connectivity index (χ2v) is 9.06. The molecule has 120 valence electrons. The molecule has 0 amide bonds. The molecule has 20 heavy (non-hydrogen) atoms. The molecule has 0 heterocycles. The molecule has 1 aliphatic carbocycles. The van der Waals surface area contributed by atoms with Gasteiger partial charge in [-0.1, -0.05) is 19.8 Å². The molecule has 2 N–H and O–H groups in total. The Morgan fingerprint density at radius 2 is 1.90 bits per heavy atom. The first-order valence-corrected chi connectivity index (χ1v) is 9.62. The summed E-state index contributed by atoms with van der Waals surface area (Å²) in [5, 5.41) is -0.333. The van der Waals surface area contributed by atoms with Crippen LogP contribution >= 0.6 is 0 Å². The molecule has 0 aliphatic heterocycles. The molecule has 0 aromatic rings. The molecule has 4 nitrogen and oxygen atoms in total. The molecule has 0 atom stereocenters. The van der Waals surface area contributed by atoms with Gasteiger partial charge in [-0.2, -0.15) is 0 Å². The highest BCUT2D eigenvalue weighted by Crippen LogP contribution is 2.36. The molecule has 0 saturated heterocycles. The highest BCUT2D eigenvalue weighted by atomic mass is 32.2. The first kappa shape index (κ1) is 17.9. The van der Waals surface area contributed by atoms with Gasteiger partial charge in [-0.25, -0.2) is 8.42 Å². The molecule has 0 aromatic carbocycles. The van der Waals surface area contributed by atoms with Gasteiger partial charge in [0.2, 0.25) is 0 Å². The van der Waals surface area contributed by atoms with Gasteiger partial charge in [0.05, 0.1) is 23.2 Å². The highest BCUT2D eigenvalue weighted by molar-refractivity contribution is 7.91. The summed E-state index contributed by atoms with van der Waals surface area (Å²) >= 11 is 0. The summed E-state index contributed by atoms with van der Waals surface area (Å²) in [5.41, 5.74) is 5.61. The van der Waals surface area contributed by atoms with E-state index in [1.54, 1.807) is 13.8 Å². The third-order valence-corrected chi connectivity index (χ3v) is 6.75. The maximum absolute atomic E-state index is 11.8. The van der Waals surface area contributed by atoms with Crippen LogP contribution in [-0.2, 0) is 14.6 Å². The normalized spacial score (nSPS) is 27.9. The van der Waals surface area contributed by atoms with Gasteiger partial charge in [-0.3, -0.25) is 0 Å². The van der Waals surface area contributed by atoms with Crippen molar-refractivity contribution in [1.82, 2.24) is 0 Å². The molecule has 0 radical (unpaired) electrons. The molecule has 0 spiro atoms. The van der Waals surface area contributed by atoms with Crippen LogP contribution in [0.15, 0.2) is 0 Å². The zero-order valence-corrected chi connectivity index (χ0v) is 14.0. The Balaban J connectivity index is 2.44. The van der Waals surface area contributed by atoms with E-state index in [0.717, 1.165) is 31.6 Å². The highest BCUT2D eigenvalue weighted by Gasteiger charge is 2.35. The average molecular weight is 305 g/mol. The predicted octanol–water partition coefficient (Wildman–Crippen LogP) is 2.51. The van der Waals surface area contributed by atoms with E-state index < -0.39 is 9.84 Å². The van der Waals surface area contributed by atoms with Crippen molar-refractivity contribution in [3.8, 4) is 0 Å². The zero-order chi connectivity index (χ0) is 15.2. The fourth-order valence-electron chi connectivity index (χ4n) is 2.92. The second kappa shape index (κ2) is 7.76. The summed E-state index contributed by atoms with van der Waals surface area (Å²) in [6.45, 7) is 6.41. The van der Waals surface area contributed by atoms with Gasteiger partial charge in [0.25, 0.3) is 0 Å². The summed E-state index contributed by atoms with van der Waals surface area (Å²) in [6.07, 6.45) is 6.76. The fourth-order valence-corrected chi connectivity index (χ4v) is 3.71. The minimum Gasteiger partial charge on any atom is -0.373 e. The van der Waals surface area contributed by atoms with E-state index in [1.807, 2.05) is 0 Å². The topological polar surface area (TPSA) is 69.4 Å². The van der Waals surface area contributed by atoms with Crippen LogP contribution in [0.25, 0.3) is 0 Å². The Kier molecular flexibility index (Phi) is 6.95. The van der Waals surface area contributed by atoms with Crippen LogP contribution in [0.5, 0.6) is 0 Å². The van der Waals surface area contributed by atoms with Crippen molar-refractivity contribution in [2.75, 3.05) is 18.9 Å². The maximum Gasteiger partial charge on any atom is 0.154 e. The lowest BCUT2D eigenvalue weighted by Crippen LogP contribution is -2.45. The maximum atomic E-state index is 11.8. The summed E-state index contributed by atoms with van der Waals surface area (Å²) in [4.78, 5) is 0. The van der Waals surface area contributed by atoms with E-state index >= 15 is 0 Å².